The van der Waals surface area contributed by atoms with Crippen LogP contribution in [0.15, 0.2) is 47.1 Å². The number of hydrogen-bond acceptors (Lipinski definition) is 7. The van der Waals surface area contributed by atoms with Crippen LogP contribution in [-0.2, 0) is 0 Å². The topological polar surface area (TPSA) is 87.4 Å². The zero-order valence-electron chi connectivity index (χ0n) is 13.3. The van der Waals surface area contributed by atoms with Crippen molar-refractivity contribution in [2.24, 2.45) is 0 Å². The first-order valence-electron chi connectivity index (χ1n) is 7.90. The lowest BCUT2D eigenvalue weighted by Crippen LogP contribution is -2.50. The lowest BCUT2D eigenvalue weighted by atomic mass is 10.2. The van der Waals surface area contributed by atoms with Gasteiger partial charge >= 0.3 is 6.03 Å². The van der Waals surface area contributed by atoms with Crippen molar-refractivity contribution in [1.82, 2.24) is 19.4 Å². The van der Waals surface area contributed by atoms with E-state index in [4.69, 9.17) is 4.52 Å². The highest BCUT2D eigenvalue weighted by molar-refractivity contribution is 7.09. The largest absolute Gasteiger partial charge is 0.343 e. The Morgan fingerprint density at radius 1 is 1.12 bits per heavy atom. The molecule has 2 aromatic heterocycles. The molecule has 128 valence electrons. The number of piperazine rings is 1. The van der Waals surface area contributed by atoms with Gasteiger partial charge in [-0.1, -0.05) is 35.5 Å². The Morgan fingerprint density at radius 3 is 2.64 bits per heavy atom. The molecule has 0 saturated carbocycles. The van der Waals surface area contributed by atoms with Gasteiger partial charge in [-0.2, -0.15) is 9.36 Å². The van der Waals surface area contributed by atoms with Gasteiger partial charge in [0.25, 0.3) is 0 Å². The van der Waals surface area contributed by atoms with E-state index in [9.17, 15) is 4.79 Å². The molecule has 9 heteroatoms. The lowest BCUT2D eigenvalue weighted by molar-refractivity contribution is 0.207. The second-order valence-corrected chi connectivity index (χ2v) is 6.28. The molecule has 1 aliphatic rings. The van der Waals surface area contributed by atoms with Crippen molar-refractivity contribution >= 4 is 28.6 Å². The molecule has 0 radical (unpaired) electrons. The summed E-state index contributed by atoms with van der Waals surface area (Å²) in [6, 6.07) is 11.3. The van der Waals surface area contributed by atoms with Gasteiger partial charge in [0.15, 0.2) is 5.82 Å². The Kier molecular flexibility index (Phi) is 4.30. The van der Waals surface area contributed by atoms with E-state index < -0.39 is 0 Å². The smallest absolute Gasteiger partial charge is 0.324 e. The normalized spacial score (nSPS) is 14.6. The average molecular weight is 356 g/mol. The highest BCUT2D eigenvalue weighted by Crippen LogP contribution is 2.24. The summed E-state index contributed by atoms with van der Waals surface area (Å²) in [5.74, 6) is 1.09. The number of amides is 2. The Bertz CT molecular complexity index is 827. The molecule has 2 amide bonds. The van der Waals surface area contributed by atoms with Crippen molar-refractivity contribution in [3.63, 3.8) is 0 Å². The molecule has 3 heterocycles. The van der Waals surface area contributed by atoms with Crippen LogP contribution in [0.2, 0.25) is 0 Å². The maximum absolute atomic E-state index is 12.2. The highest BCUT2D eigenvalue weighted by Gasteiger charge is 2.24. The van der Waals surface area contributed by atoms with E-state index in [-0.39, 0.29) is 6.03 Å². The standard InChI is InChI=1S/C16H16N6O2S/c23-15(18-13-6-7-17-24-13)21-8-10-22(11-9-21)16-19-14(20-25-16)12-4-2-1-3-5-12/h1-7H,8-11H2,(H,18,23). The predicted octanol–water partition coefficient (Wildman–Crippen LogP) is 2.55. The quantitative estimate of drug-likeness (QED) is 0.776. The van der Waals surface area contributed by atoms with Crippen molar-refractivity contribution in [1.29, 1.82) is 0 Å². The van der Waals surface area contributed by atoms with Crippen LogP contribution in [-0.4, -0.2) is 51.6 Å². The number of carbonyl (C=O) groups is 1. The molecule has 1 aromatic carbocycles. The number of nitrogens with one attached hydrogen (secondary N) is 1. The van der Waals surface area contributed by atoms with Crippen LogP contribution < -0.4 is 10.2 Å². The van der Waals surface area contributed by atoms with Crippen molar-refractivity contribution in [3.8, 4) is 11.4 Å². The number of urea groups is 1. The van der Waals surface area contributed by atoms with Gasteiger partial charge in [0, 0.05) is 49.3 Å². The lowest BCUT2D eigenvalue weighted by Gasteiger charge is -2.34. The fourth-order valence-corrected chi connectivity index (χ4v) is 3.35. The minimum absolute atomic E-state index is 0.182. The number of anilines is 2. The number of aromatic nitrogens is 3. The highest BCUT2D eigenvalue weighted by atomic mass is 32.1. The monoisotopic (exact) mass is 356 g/mol. The second-order valence-electron chi connectivity index (χ2n) is 5.55. The number of carbonyl (C=O) groups excluding carboxylic acids is 1. The first kappa shape index (κ1) is 15.6. The summed E-state index contributed by atoms with van der Waals surface area (Å²) in [5.41, 5.74) is 1.01. The van der Waals surface area contributed by atoms with E-state index in [2.05, 4.69) is 24.7 Å². The molecule has 0 aliphatic carbocycles. The summed E-state index contributed by atoms with van der Waals surface area (Å²) in [6.07, 6.45) is 1.49. The van der Waals surface area contributed by atoms with Crippen LogP contribution in [0, 0.1) is 0 Å². The summed E-state index contributed by atoms with van der Waals surface area (Å²) >= 11 is 1.39. The van der Waals surface area contributed by atoms with Crippen LogP contribution in [0.3, 0.4) is 0 Å². The van der Waals surface area contributed by atoms with Crippen LogP contribution in [0.25, 0.3) is 11.4 Å². The average Bonchev–Trinajstić information content (AvgIpc) is 3.34. The third-order valence-corrected chi connectivity index (χ3v) is 4.73. The van der Waals surface area contributed by atoms with E-state index in [1.165, 1.54) is 17.7 Å². The van der Waals surface area contributed by atoms with E-state index in [1.54, 1.807) is 11.0 Å². The molecule has 1 aliphatic heterocycles. The number of hydrogen-bond donors (Lipinski definition) is 1. The molecule has 1 saturated heterocycles. The molecule has 25 heavy (non-hydrogen) atoms. The Labute approximate surface area is 148 Å². The first-order chi connectivity index (χ1) is 12.3. The Morgan fingerprint density at radius 2 is 1.92 bits per heavy atom. The van der Waals surface area contributed by atoms with Gasteiger partial charge in [-0.25, -0.2) is 4.79 Å². The summed E-state index contributed by atoms with van der Waals surface area (Å²) in [5, 5.41) is 7.14. The number of nitrogens with zero attached hydrogens (tertiary/aromatic N) is 5. The van der Waals surface area contributed by atoms with Crippen molar-refractivity contribution in [3.05, 3.63) is 42.6 Å². The maximum atomic E-state index is 12.2. The van der Waals surface area contributed by atoms with Crippen LogP contribution in [0.5, 0.6) is 0 Å². The SMILES string of the molecule is O=C(Nc1ccno1)N1CCN(c2nc(-c3ccccc3)ns2)CC1. The number of rotatable bonds is 3. The molecule has 0 bridgehead atoms. The van der Waals surface area contributed by atoms with Crippen molar-refractivity contribution in [2.75, 3.05) is 36.4 Å². The Hall–Kier alpha value is -2.94. The van der Waals surface area contributed by atoms with Gasteiger partial charge in [0.2, 0.25) is 11.0 Å². The summed E-state index contributed by atoms with van der Waals surface area (Å²) in [7, 11) is 0. The zero-order chi connectivity index (χ0) is 17.1. The molecule has 1 fully saturated rings. The molecular formula is C16H16N6O2S. The molecule has 0 spiro atoms. The summed E-state index contributed by atoms with van der Waals surface area (Å²) in [6.45, 7) is 2.65. The fourth-order valence-electron chi connectivity index (χ4n) is 2.61. The third-order valence-electron chi connectivity index (χ3n) is 3.95. The predicted molar refractivity (Wildman–Crippen MR) is 94.7 cm³/mol. The van der Waals surface area contributed by atoms with E-state index in [1.807, 2.05) is 30.3 Å². The fraction of sp³-hybridized carbons (Fsp3) is 0.250. The number of benzene rings is 1. The van der Waals surface area contributed by atoms with Crippen LogP contribution in [0.4, 0.5) is 15.8 Å². The minimum Gasteiger partial charge on any atom is -0.343 e. The molecule has 0 unspecified atom stereocenters. The second kappa shape index (κ2) is 6.89. The van der Waals surface area contributed by atoms with Crippen molar-refractivity contribution < 1.29 is 9.32 Å². The molecule has 1 N–H and O–H groups in total. The van der Waals surface area contributed by atoms with Gasteiger partial charge in [0.1, 0.15) is 0 Å². The van der Waals surface area contributed by atoms with E-state index in [0.29, 0.717) is 32.1 Å². The molecule has 4 rings (SSSR count). The molecule has 8 nitrogen and oxygen atoms in total. The summed E-state index contributed by atoms with van der Waals surface area (Å²) in [4.78, 5) is 20.7. The van der Waals surface area contributed by atoms with Crippen molar-refractivity contribution in [2.45, 2.75) is 0 Å². The first-order valence-corrected chi connectivity index (χ1v) is 8.67. The molecule has 0 atom stereocenters. The van der Waals surface area contributed by atoms with E-state index >= 15 is 0 Å². The molecular weight excluding hydrogens is 340 g/mol. The Balaban J connectivity index is 1.36. The van der Waals surface area contributed by atoms with Gasteiger partial charge < -0.3 is 14.3 Å². The molecule has 3 aromatic rings. The van der Waals surface area contributed by atoms with Gasteiger partial charge in [-0.15, -0.1) is 0 Å². The summed E-state index contributed by atoms with van der Waals surface area (Å²) < 4.78 is 9.34. The van der Waals surface area contributed by atoms with Crippen LogP contribution >= 0.6 is 11.5 Å². The van der Waals surface area contributed by atoms with Gasteiger partial charge in [-0.05, 0) is 0 Å². The van der Waals surface area contributed by atoms with Gasteiger partial charge in [-0.3, -0.25) is 5.32 Å². The van der Waals surface area contributed by atoms with Crippen LogP contribution in [0.1, 0.15) is 0 Å². The van der Waals surface area contributed by atoms with Gasteiger partial charge in [0.05, 0.1) is 6.20 Å². The minimum atomic E-state index is -0.182. The zero-order valence-corrected chi connectivity index (χ0v) is 14.1. The third kappa shape index (κ3) is 3.45. The van der Waals surface area contributed by atoms with E-state index in [0.717, 1.165) is 16.5 Å². The maximum Gasteiger partial charge on any atom is 0.324 e.